The van der Waals surface area contributed by atoms with E-state index in [9.17, 15) is 18.0 Å². The van der Waals surface area contributed by atoms with Gasteiger partial charge in [-0.1, -0.05) is 17.7 Å². The minimum Gasteiger partial charge on any atom is -0.325 e. The fourth-order valence-corrected chi connectivity index (χ4v) is 5.44. The van der Waals surface area contributed by atoms with Gasteiger partial charge in [0.05, 0.1) is 10.9 Å². The second kappa shape index (κ2) is 9.09. The number of sulfonamides is 1. The van der Waals surface area contributed by atoms with Crippen LogP contribution in [0.2, 0.25) is 5.02 Å². The molecule has 1 fully saturated rings. The summed E-state index contributed by atoms with van der Waals surface area (Å²) < 4.78 is 28.2. The lowest BCUT2D eigenvalue weighted by Crippen LogP contribution is -2.41. The zero-order valence-electron chi connectivity index (χ0n) is 17.7. The minimum absolute atomic E-state index is 0.0266. The first kappa shape index (κ1) is 22.6. The normalized spacial score (nSPS) is 16.7. The van der Waals surface area contributed by atoms with Gasteiger partial charge in [-0.15, -0.1) is 0 Å². The van der Waals surface area contributed by atoms with Crippen molar-refractivity contribution < 1.29 is 18.0 Å². The zero-order valence-corrected chi connectivity index (χ0v) is 19.2. The van der Waals surface area contributed by atoms with Gasteiger partial charge in [-0.05, 0) is 68.1 Å². The summed E-state index contributed by atoms with van der Waals surface area (Å²) in [6, 6.07) is 10.3. The topological polar surface area (TPSA) is 98.8 Å². The predicted molar refractivity (Wildman–Crippen MR) is 124 cm³/mol. The van der Waals surface area contributed by atoms with Gasteiger partial charge < -0.3 is 10.2 Å². The number of fused-ring (bicyclic) bond motifs is 1. The van der Waals surface area contributed by atoms with Crippen molar-refractivity contribution in [2.45, 2.75) is 37.1 Å². The first-order valence-corrected chi connectivity index (χ1v) is 12.4. The summed E-state index contributed by atoms with van der Waals surface area (Å²) in [6.45, 7) is 3.52. The van der Waals surface area contributed by atoms with Crippen LogP contribution < -0.4 is 14.9 Å². The van der Waals surface area contributed by atoms with Crippen LogP contribution >= 0.6 is 11.6 Å². The van der Waals surface area contributed by atoms with Crippen molar-refractivity contribution in [3.8, 4) is 0 Å². The molecule has 0 bridgehead atoms. The summed E-state index contributed by atoms with van der Waals surface area (Å²) in [7, 11) is -3.93. The Bertz CT molecular complexity index is 1150. The molecule has 2 aliphatic heterocycles. The molecule has 4 rings (SSSR count). The molecular formula is C22H25ClN4O4S. The van der Waals surface area contributed by atoms with Crippen molar-refractivity contribution >= 4 is 44.9 Å². The van der Waals surface area contributed by atoms with E-state index in [0.29, 0.717) is 23.7 Å². The van der Waals surface area contributed by atoms with Gasteiger partial charge in [0, 0.05) is 36.0 Å². The number of carbonyl (C=O) groups excluding carboxylic acids is 2. The Hall–Kier alpha value is -2.62. The third kappa shape index (κ3) is 4.74. The average molecular weight is 477 g/mol. The molecule has 2 N–H and O–H groups in total. The number of urea groups is 1. The van der Waals surface area contributed by atoms with E-state index in [-0.39, 0.29) is 10.9 Å². The Kier molecular flexibility index (Phi) is 6.41. The molecule has 2 aromatic rings. The third-order valence-corrected chi connectivity index (χ3v) is 7.46. The van der Waals surface area contributed by atoms with Crippen LogP contribution in [0.15, 0.2) is 47.4 Å². The van der Waals surface area contributed by atoms with E-state index in [2.05, 4.69) is 10.0 Å². The van der Waals surface area contributed by atoms with E-state index in [0.717, 1.165) is 37.2 Å². The Morgan fingerprint density at radius 3 is 2.53 bits per heavy atom. The highest BCUT2D eigenvalue weighted by Crippen LogP contribution is 2.31. The van der Waals surface area contributed by atoms with Gasteiger partial charge in [-0.2, -0.15) is 4.72 Å². The fraction of sp³-hybridized carbons (Fsp3) is 0.364. The summed E-state index contributed by atoms with van der Waals surface area (Å²) in [5, 5.41) is 3.11. The van der Waals surface area contributed by atoms with Crippen molar-refractivity contribution in [1.82, 2.24) is 9.62 Å². The molecule has 0 spiro atoms. The van der Waals surface area contributed by atoms with E-state index in [4.69, 9.17) is 11.6 Å². The monoisotopic (exact) mass is 476 g/mol. The summed E-state index contributed by atoms with van der Waals surface area (Å²) in [6.07, 6.45) is 2.61. The molecule has 170 valence electrons. The van der Waals surface area contributed by atoms with Gasteiger partial charge in [0.2, 0.25) is 15.9 Å². The van der Waals surface area contributed by atoms with E-state index in [1.54, 1.807) is 41.3 Å². The molecule has 2 heterocycles. The number of hydrogen-bond acceptors (Lipinski definition) is 4. The number of halogens is 1. The Balaban J connectivity index is 1.45. The average Bonchev–Trinajstić information content (AvgIpc) is 3.42. The smallest absolute Gasteiger partial charge is 0.324 e. The van der Waals surface area contributed by atoms with Crippen LogP contribution in [0.3, 0.4) is 0 Å². The maximum absolute atomic E-state index is 12.9. The van der Waals surface area contributed by atoms with Crippen LogP contribution in [0.4, 0.5) is 16.2 Å². The zero-order chi connectivity index (χ0) is 22.9. The van der Waals surface area contributed by atoms with E-state index in [1.165, 1.54) is 13.0 Å². The lowest BCUT2D eigenvalue weighted by Gasteiger charge is -2.24. The maximum Gasteiger partial charge on any atom is 0.324 e. The van der Waals surface area contributed by atoms with Gasteiger partial charge in [0.1, 0.15) is 0 Å². The van der Waals surface area contributed by atoms with Crippen molar-refractivity contribution in [2.75, 3.05) is 29.9 Å². The second-order valence-corrected chi connectivity index (χ2v) is 10.2. The molecule has 0 radical (unpaired) electrons. The molecule has 10 heteroatoms. The molecule has 32 heavy (non-hydrogen) atoms. The largest absolute Gasteiger partial charge is 0.325 e. The number of amides is 3. The molecule has 0 saturated carbocycles. The molecule has 0 unspecified atom stereocenters. The lowest BCUT2D eigenvalue weighted by atomic mass is 10.2. The number of hydrogen-bond donors (Lipinski definition) is 2. The summed E-state index contributed by atoms with van der Waals surface area (Å²) >= 11 is 5.92. The van der Waals surface area contributed by atoms with E-state index >= 15 is 0 Å². The molecule has 3 amide bonds. The minimum atomic E-state index is -3.93. The first-order valence-electron chi connectivity index (χ1n) is 10.5. The summed E-state index contributed by atoms with van der Waals surface area (Å²) in [4.78, 5) is 28.8. The number of carbonyl (C=O) groups is 2. The van der Waals surface area contributed by atoms with Crippen molar-refractivity contribution in [1.29, 1.82) is 0 Å². The number of likely N-dealkylation sites (tertiary alicyclic amines) is 1. The van der Waals surface area contributed by atoms with Crippen LogP contribution in [0.25, 0.3) is 0 Å². The number of benzene rings is 2. The van der Waals surface area contributed by atoms with Gasteiger partial charge >= 0.3 is 6.03 Å². The quantitative estimate of drug-likeness (QED) is 0.692. The second-order valence-electron chi connectivity index (χ2n) is 8.01. The predicted octanol–water partition coefficient (Wildman–Crippen LogP) is 3.22. The van der Waals surface area contributed by atoms with Gasteiger partial charge in [-0.25, -0.2) is 13.2 Å². The van der Waals surface area contributed by atoms with Crippen LogP contribution in [0, 0.1) is 0 Å². The molecule has 0 aromatic heterocycles. The molecule has 8 nitrogen and oxygen atoms in total. The first-order chi connectivity index (χ1) is 15.2. The van der Waals surface area contributed by atoms with Crippen LogP contribution in [0.1, 0.15) is 25.3 Å². The number of anilines is 2. The highest BCUT2D eigenvalue weighted by Gasteiger charge is 2.31. The molecule has 0 aliphatic carbocycles. The van der Waals surface area contributed by atoms with Crippen LogP contribution in [-0.2, 0) is 21.2 Å². The Morgan fingerprint density at radius 2 is 1.81 bits per heavy atom. The van der Waals surface area contributed by atoms with Crippen molar-refractivity contribution in [2.24, 2.45) is 0 Å². The van der Waals surface area contributed by atoms with Gasteiger partial charge in [0.15, 0.2) is 0 Å². The van der Waals surface area contributed by atoms with Crippen LogP contribution in [0.5, 0.6) is 0 Å². The highest BCUT2D eigenvalue weighted by atomic mass is 35.5. The van der Waals surface area contributed by atoms with Crippen LogP contribution in [-0.4, -0.2) is 50.9 Å². The number of nitrogens with zero attached hydrogens (tertiary/aromatic N) is 2. The molecule has 1 atom stereocenters. The van der Waals surface area contributed by atoms with E-state index in [1.807, 2.05) is 4.90 Å². The molecule has 2 aromatic carbocycles. The third-order valence-electron chi connectivity index (χ3n) is 5.68. The summed E-state index contributed by atoms with van der Waals surface area (Å²) in [5.74, 6) is -0.501. The standard InChI is InChI=1S/C22H25ClN4O4S/c1-15(21(28)24-18-6-4-5-17(23)14-18)25-32(30,31)19-7-8-20-16(13-19)9-12-27(20)22(29)26-10-2-3-11-26/h4-8,13-15,25H,2-3,9-12H2,1H3,(H,24,28)/t15-/m0/s1. The number of nitrogens with one attached hydrogen (secondary N) is 2. The van der Waals surface area contributed by atoms with Crippen molar-refractivity contribution in [3.63, 3.8) is 0 Å². The van der Waals surface area contributed by atoms with Crippen molar-refractivity contribution in [3.05, 3.63) is 53.1 Å². The maximum atomic E-state index is 12.9. The fourth-order valence-electron chi connectivity index (χ4n) is 3.99. The van der Waals surface area contributed by atoms with E-state index < -0.39 is 22.0 Å². The Labute approximate surface area is 192 Å². The highest BCUT2D eigenvalue weighted by molar-refractivity contribution is 7.89. The molecular weight excluding hydrogens is 452 g/mol. The Morgan fingerprint density at radius 1 is 1.06 bits per heavy atom. The molecule has 1 saturated heterocycles. The number of rotatable bonds is 5. The van der Waals surface area contributed by atoms with Gasteiger partial charge in [0.25, 0.3) is 0 Å². The summed E-state index contributed by atoms with van der Waals surface area (Å²) in [5.41, 5.74) is 2.03. The lowest BCUT2D eigenvalue weighted by molar-refractivity contribution is -0.117. The van der Waals surface area contributed by atoms with Gasteiger partial charge in [-0.3, -0.25) is 9.69 Å². The molecule has 2 aliphatic rings. The SMILES string of the molecule is C[C@H](NS(=O)(=O)c1ccc2c(c1)CCN2C(=O)N1CCCC1)C(=O)Nc1cccc(Cl)c1.